The van der Waals surface area contributed by atoms with Crippen molar-refractivity contribution in [3.8, 4) is 16.9 Å². The standard InChI is InChI=1S/C34H33ClN2O6/c1-21(38)26-16-13-24(35)18-27(26)28-19-31(39)37(20-30(28)42-5)29(17-22-9-7-6-8-10-22)32(40)36-25-14-11-23(12-15-25)33(41)43-34(2,3)4/h6-16,18-20,29H,17H2,1-5H3,(H,36,40)/t29-/m0/s1. The molecule has 222 valence electrons. The summed E-state index contributed by atoms with van der Waals surface area (Å²) in [5.74, 6) is -0.828. The van der Waals surface area contributed by atoms with Gasteiger partial charge in [-0.25, -0.2) is 4.79 Å². The average molecular weight is 601 g/mol. The summed E-state index contributed by atoms with van der Waals surface area (Å²) in [6.07, 6.45) is 1.68. The van der Waals surface area contributed by atoms with E-state index in [1.807, 2.05) is 30.3 Å². The molecule has 0 fully saturated rings. The average Bonchev–Trinajstić information content (AvgIpc) is 2.95. The Morgan fingerprint density at radius 3 is 2.21 bits per heavy atom. The van der Waals surface area contributed by atoms with Crippen LogP contribution >= 0.6 is 11.6 Å². The summed E-state index contributed by atoms with van der Waals surface area (Å²) in [6, 6.07) is 20.9. The zero-order valence-electron chi connectivity index (χ0n) is 24.6. The smallest absolute Gasteiger partial charge is 0.338 e. The number of anilines is 1. The van der Waals surface area contributed by atoms with Gasteiger partial charge in [0.15, 0.2) is 5.78 Å². The van der Waals surface area contributed by atoms with Crippen molar-refractivity contribution in [3.05, 3.63) is 117 Å². The van der Waals surface area contributed by atoms with Gasteiger partial charge in [-0.3, -0.25) is 19.0 Å². The van der Waals surface area contributed by atoms with Crippen LogP contribution in [0.2, 0.25) is 5.02 Å². The van der Waals surface area contributed by atoms with Crippen molar-refractivity contribution in [3.63, 3.8) is 0 Å². The normalized spacial score (nSPS) is 11.9. The Morgan fingerprint density at radius 1 is 0.930 bits per heavy atom. The van der Waals surface area contributed by atoms with E-state index in [-0.39, 0.29) is 18.0 Å². The minimum Gasteiger partial charge on any atom is -0.495 e. The van der Waals surface area contributed by atoms with Gasteiger partial charge >= 0.3 is 5.97 Å². The van der Waals surface area contributed by atoms with Crippen molar-refractivity contribution in [2.45, 2.75) is 45.8 Å². The number of benzene rings is 3. The quantitative estimate of drug-likeness (QED) is 0.168. The van der Waals surface area contributed by atoms with Gasteiger partial charge in [0.2, 0.25) is 5.91 Å². The highest BCUT2D eigenvalue weighted by molar-refractivity contribution is 6.31. The van der Waals surface area contributed by atoms with Gasteiger partial charge in [-0.1, -0.05) is 41.9 Å². The zero-order valence-corrected chi connectivity index (χ0v) is 25.4. The molecular formula is C34H33ClN2O6. The van der Waals surface area contributed by atoms with E-state index >= 15 is 0 Å². The Kier molecular flexibility index (Phi) is 9.51. The number of carbonyl (C=O) groups excluding carboxylic acids is 3. The van der Waals surface area contributed by atoms with Crippen LogP contribution in [0.5, 0.6) is 5.75 Å². The minimum atomic E-state index is -0.963. The van der Waals surface area contributed by atoms with Crippen LogP contribution in [0.3, 0.4) is 0 Å². The Bertz CT molecular complexity index is 1710. The predicted molar refractivity (Wildman–Crippen MR) is 167 cm³/mol. The molecule has 8 nitrogen and oxygen atoms in total. The Hall–Kier alpha value is -4.69. The van der Waals surface area contributed by atoms with Crippen molar-refractivity contribution >= 4 is 34.9 Å². The lowest BCUT2D eigenvalue weighted by Crippen LogP contribution is -2.34. The largest absolute Gasteiger partial charge is 0.495 e. The molecule has 43 heavy (non-hydrogen) atoms. The molecule has 1 amide bonds. The summed E-state index contributed by atoms with van der Waals surface area (Å²) in [4.78, 5) is 52.1. The number of carbonyl (C=O) groups is 3. The molecular weight excluding hydrogens is 568 g/mol. The van der Waals surface area contributed by atoms with Gasteiger partial charge < -0.3 is 14.8 Å². The maximum Gasteiger partial charge on any atom is 0.338 e. The number of rotatable bonds is 9. The number of ether oxygens (including phenoxy) is 2. The molecule has 9 heteroatoms. The molecule has 0 spiro atoms. The van der Waals surface area contributed by atoms with E-state index in [1.54, 1.807) is 63.2 Å². The molecule has 0 aliphatic rings. The number of ketones is 1. The Labute approximate surface area is 255 Å². The molecule has 4 aromatic rings. The van der Waals surface area contributed by atoms with Gasteiger partial charge in [0, 0.05) is 34.3 Å². The van der Waals surface area contributed by atoms with Gasteiger partial charge in [0.25, 0.3) is 5.56 Å². The molecule has 0 saturated carbocycles. The van der Waals surface area contributed by atoms with Crippen LogP contribution < -0.4 is 15.6 Å². The fourth-order valence-corrected chi connectivity index (χ4v) is 4.77. The molecule has 4 rings (SSSR count). The van der Waals surface area contributed by atoms with Crippen LogP contribution in [0.15, 0.2) is 89.9 Å². The van der Waals surface area contributed by atoms with E-state index in [9.17, 15) is 19.2 Å². The summed E-state index contributed by atoms with van der Waals surface area (Å²) in [7, 11) is 1.45. The summed E-state index contributed by atoms with van der Waals surface area (Å²) in [5.41, 5.74) is 1.73. The molecule has 1 atom stereocenters. The maximum atomic E-state index is 13.8. The number of aromatic nitrogens is 1. The molecule has 0 aliphatic heterocycles. The lowest BCUT2D eigenvalue weighted by molar-refractivity contribution is -0.119. The number of hydrogen-bond acceptors (Lipinski definition) is 6. The predicted octanol–water partition coefficient (Wildman–Crippen LogP) is 6.76. The SMILES string of the molecule is COc1cn([C@@H](Cc2ccccc2)C(=O)Nc2ccc(C(=O)OC(C)(C)C)cc2)c(=O)cc1-c1cc(Cl)ccc1C(C)=O. The van der Waals surface area contributed by atoms with Gasteiger partial charge in [-0.15, -0.1) is 0 Å². The summed E-state index contributed by atoms with van der Waals surface area (Å²) < 4.78 is 12.4. The molecule has 1 N–H and O–H groups in total. The third-order valence-corrected chi connectivity index (χ3v) is 6.85. The summed E-state index contributed by atoms with van der Waals surface area (Å²) >= 11 is 6.24. The first-order valence-corrected chi connectivity index (χ1v) is 14.0. The number of halogens is 1. The minimum absolute atomic E-state index is 0.197. The Morgan fingerprint density at radius 2 is 1.60 bits per heavy atom. The van der Waals surface area contributed by atoms with Gasteiger partial charge in [-0.2, -0.15) is 0 Å². The van der Waals surface area contributed by atoms with E-state index in [4.69, 9.17) is 21.1 Å². The highest BCUT2D eigenvalue weighted by atomic mass is 35.5. The first-order chi connectivity index (χ1) is 20.4. The second kappa shape index (κ2) is 13.1. The van der Waals surface area contributed by atoms with E-state index in [1.165, 1.54) is 30.9 Å². The lowest BCUT2D eigenvalue weighted by Gasteiger charge is -2.22. The second-order valence-electron chi connectivity index (χ2n) is 11.0. The fraction of sp³-hybridized carbons (Fsp3) is 0.235. The van der Waals surface area contributed by atoms with Crippen LogP contribution in [0.25, 0.3) is 11.1 Å². The van der Waals surface area contributed by atoms with Gasteiger partial charge in [-0.05, 0) is 81.3 Å². The Balaban J connectivity index is 1.72. The van der Waals surface area contributed by atoms with E-state index in [2.05, 4.69) is 5.32 Å². The van der Waals surface area contributed by atoms with Crippen molar-refractivity contribution in [2.75, 3.05) is 12.4 Å². The topological polar surface area (TPSA) is 104 Å². The first kappa shape index (κ1) is 31.3. The molecule has 0 radical (unpaired) electrons. The molecule has 0 saturated heterocycles. The summed E-state index contributed by atoms with van der Waals surface area (Å²) in [6.45, 7) is 6.79. The molecule has 3 aromatic carbocycles. The molecule has 1 heterocycles. The highest BCUT2D eigenvalue weighted by Crippen LogP contribution is 2.34. The number of nitrogens with zero attached hydrogens (tertiary/aromatic N) is 1. The number of hydrogen-bond donors (Lipinski definition) is 1. The number of esters is 1. The van der Waals surface area contributed by atoms with E-state index in [0.29, 0.717) is 33.0 Å². The van der Waals surface area contributed by atoms with Crippen LogP contribution in [0.1, 0.15) is 60.0 Å². The monoisotopic (exact) mass is 600 g/mol. The maximum absolute atomic E-state index is 13.8. The van der Waals surface area contributed by atoms with Crippen LogP contribution in [0.4, 0.5) is 5.69 Å². The molecule has 0 bridgehead atoms. The fourth-order valence-electron chi connectivity index (χ4n) is 4.60. The number of methoxy groups -OCH3 is 1. The third-order valence-electron chi connectivity index (χ3n) is 6.61. The lowest BCUT2D eigenvalue weighted by atomic mass is 9.97. The van der Waals surface area contributed by atoms with Crippen molar-refractivity contribution in [1.29, 1.82) is 0 Å². The van der Waals surface area contributed by atoms with Crippen LogP contribution in [-0.2, 0) is 16.0 Å². The second-order valence-corrected chi connectivity index (χ2v) is 11.5. The number of Topliss-reactive ketones (excluding diaryl/α,β-unsaturated/α-hetero) is 1. The summed E-state index contributed by atoms with van der Waals surface area (Å²) in [5, 5.41) is 3.26. The number of amides is 1. The molecule has 0 aliphatic carbocycles. The highest BCUT2D eigenvalue weighted by Gasteiger charge is 2.25. The van der Waals surface area contributed by atoms with Crippen molar-refractivity contribution in [1.82, 2.24) is 4.57 Å². The van der Waals surface area contributed by atoms with Gasteiger partial charge in [0.1, 0.15) is 17.4 Å². The molecule has 0 unspecified atom stereocenters. The van der Waals surface area contributed by atoms with E-state index in [0.717, 1.165) is 5.56 Å². The van der Waals surface area contributed by atoms with Crippen LogP contribution in [0, 0.1) is 0 Å². The molecule has 1 aromatic heterocycles. The third kappa shape index (κ3) is 7.78. The first-order valence-electron chi connectivity index (χ1n) is 13.7. The zero-order chi connectivity index (χ0) is 31.3. The van der Waals surface area contributed by atoms with E-state index < -0.39 is 29.1 Å². The number of nitrogens with one attached hydrogen (secondary N) is 1. The van der Waals surface area contributed by atoms with Crippen LogP contribution in [-0.4, -0.2) is 34.9 Å². The van der Waals surface area contributed by atoms with Crippen molar-refractivity contribution in [2.24, 2.45) is 0 Å². The van der Waals surface area contributed by atoms with Crippen molar-refractivity contribution < 1.29 is 23.9 Å². The number of pyridine rings is 1. The van der Waals surface area contributed by atoms with Gasteiger partial charge in [0.05, 0.1) is 18.9 Å².